The van der Waals surface area contributed by atoms with Gasteiger partial charge in [0.2, 0.25) is 0 Å². The molecule has 0 spiro atoms. The maximum Gasteiger partial charge on any atom is 0.412 e. The van der Waals surface area contributed by atoms with Gasteiger partial charge in [-0.1, -0.05) is 36.4 Å². The van der Waals surface area contributed by atoms with Crippen molar-refractivity contribution in [2.75, 3.05) is 25.0 Å². The second-order valence-corrected chi connectivity index (χ2v) is 8.59. The van der Waals surface area contributed by atoms with Crippen LogP contribution in [0.1, 0.15) is 55.6 Å². The summed E-state index contributed by atoms with van der Waals surface area (Å²) >= 11 is 0. The summed E-state index contributed by atoms with van der Waals surface area (Å²) in [6.07, 6.45) is 1.84. The highest BCUT2D eigenvalue weighted by atomic mass is 16.6. The summed E-state index contributed by atoms with van der Waals surface area (Å²) in [5.74, 6) is -0.164. The molecule has 6 nitrogen and oxygen atoms in total. The largest absolute Gasteiger partial charge is 0.444 e. The van der Waals surface area contributed by atoms with Gasteiger partial charge in [-0.3, -0.25) is 15.0 Å². The van der Waals surface area contributed by atoms with Gasteiger partial charge in [-0.05, 0) is 70.5 Å². The van der Waals surface area contributed by atoms with E-state index in [-0.39, 0.29) is 11.9 Å². The number of amides is 2. The van der Waals surface area contributed by atoms with Crippen LogP contribution in [0.15, 0.2) is 54.6 Å². The molecule has 1 aliphatic heterocycles. The summed E-state index contributed by atoms with van der Waals surface area (Å²) in [6.45, 7) is 8.04. The molecule has 1 atom stereocenters. The SMILES string of the molecule is CC(C)(C)OC(=O)Nc1cccc(C(=O)NCC(c2ccccc2)N2CCCC2)c1. The van der Waals surface area contributed by atoms with Crippen LogP contribution in [-0.2, 0) is 4.74 Å². The predicted octanol–water partition coefficient (Wildman–Crippen LogP) is 4.60. The molecule has 3 rings (SSSR count). The standard InChI is InChI=1S/C24H31N3O3/c1-24(2,3)30-23(29)26-20-13-9-12-19(16-20)22(28)25-17-21(27-14-7-8-15-27)18-10-5-4-6-11-18/h4-6,9-13,16,21H,7-8,14-15,17H2,1-3H3,(H,25,28)(H,26,29). The van der Waals surface area contributed by atoms with Crippen molar-refractivity contribution in [3.8, 4) is 0 Å². The molecule has 160 valence electrons. The molecule has 0 aliphatic carbocycles. The van der Waals surface area contributed by atoms with Gasteiger partial charge < -0.3 is 10.1 Å². The maximum absolute atomic E-state index is 12.8. The number of carbonyl (C=O) groups is 2. The molecule has 0 radical (unpaired) electrons. The molecule has 2 N–H and O–H groups in total. The van der Waals surface area contributed by atoms with Gasteiger partial charge in [0.15, 0.2) is 0 Å². The Kier molecular flexibility index (Phi) is 7.11. The van der Waals surface area contributed by atoms with Gasteiger partial charge in [0.05, 0.1) is 6.04 Å². The van der Waals surface area contributed by atoms with Gasteiger partial charge in [-0.2, -0.15) is 0 Å². The van der Waals surface area contributed by atoms with E-state index in [1.54, 1.807) is 45.0 Å². The molecule has 0 bridgehead atoms. The molecule has 1 heterocycles. The van der Waals surface area contributed by atoms with Gasteiger partial charge in [0, 0.05) is 17.8 Å². The Morgan fingerprint density at radius 1 is 1.03 bits per heavy atom. The first-order chi connectivity index (χ1) is 14.3. The van der Waals surface area contributed by atoms with E-state index >= 15 is 0 Å². The Morgan fingerprint density at radius 3 is 2.40 bits per heavy atom. The molecule has 1 aliphatic rings. The third kappa shape index (κ3) is 6.32. The van der Waals surface area contributed by atoms with Gasteiger partial charge >= 0.3 is 6.09 Å². The fraction of sp³-hybridized carbons (Fsp3) is 0.417. The quantitative estimate of drug-likeness (QED) is 0.731. The molecular formula is C24H31N3O3. The lowest BCUT2D eigenvalue weighted by Gasteiger charge is -2.28. The van der Waals surface area contributed by atoms with E-state index in [1.807, 2.05) is 18.2 Å². The lowest BCUT2D eigenvalue weighted by Crippen LogP contribution is -2.36. The normalized spacial score (nSPS) is 15.4. The molecular weight excluding hydrogens is 378 g/mol. The van der Waals surface area contributed by atoms with Crippen molar-refractivity contribution in [2.45, 2.75) is 45.3 Å². The van der Waals surface area contributed by atoms with E-state index in [1.165, 1.54) is 18.4 Å². The highest BCUT2D eigenvalue weighted by Crippen LogP contribution is 2.24. The van der Waals surface area contributed by atoms with E-state index in [9.17, 15) is 9.59 Å². The smallest absolute Gasteiger partial charge is 0.412 e. The zero-order chi connectivity index (χ0) is 21.6. The molecule has 6 heteroatoms. The van der Waals surface area contributed by atoms with Crippen LogP contribution >= 0.6 is 0 Å². The maximum atomic E-state index is 12.8. The lowest BCUT2D eigenvalue weighted by atomic mass is 10.1. The van der Waals surface area contributed by atoms with Gasteiger partial charge in [0.25, 0.3) is 5.91 Å². The zero-order valence-electron chi connectivity index (χ0n) is 18.0. The Bertz CT molecular complexity index is 855. The monoisotopic (exact) mass is 409 g/mol. The Labute approximate surface area is 178 Å². The second kappa shape index (κ2) is 9.76. The Morgan fingerprint density at radius 2 is 1.73 bits per heavy atom. The number of anilines is 1. The molecule has 2 aromatic carbocycles. The topological polar surface area (TPSA) is 70.7 Å². The molecule has 0 saturated carbocycles. The zero-order valence-corrected chi connectivity index (χ0v) is 18.0. The fourth-order valence-corrected chi connectivity index (χ4v) is 3.64. The first-order valence-corrected chi connectivity index (χ1v) is 10.5. The third-order valence-corrected chi connectivity index (χ3v) is 4.99. The van der Waals surface area contributed by atoms with Crippen molar-refractivity contribution < 1.29 is 14.3 Å². The van der Waals surface area contributed by atoms with E-state index in [0.717, 1.165) is 13.1 Å². The minimum absolute atomic E-state index is 0.153. The van der Waals surface area contributed by atoms with Gasteiger partial charge in [-0.25, -0.2) is 4.79 Å². The number of hydrogen-bond acceptors (Lipinski definition) is 4. The third-order valence-electron chi connectivity index (χ3n) is 4.99. The van der Waals surface area contributed by atoms with Crippen molar-refractivity contribution in [1.82, 2.24) is 10.2 Å². The van der Waals surface area contributed by atoms with Crippen LogP contribution in [-0.4, -0.2) is 42.1 Å². The average molecular weight is 410 g/mol. The molecule has 30 heavy (non-hydrogen) atoms. The van der Waals surface area contributed by atoms with Crippen molar-refractivity contribution in [3.63, 3.8) is 0 Å². The minimum atomic E-state index is -0.582. The van der Waals surface area contributed by atoms with E-state index in [2.05, 4.69) is 27.7 Å². The summed E-state index contributed by atoms with van der Waals surface area (Å²) < 4.78 is 5.27. The number of benzene rings is 2. The van der Waals surface area contributed by atoms with Crippen LogP contribution in [0.25, 0.3) is 0 Å². The predicted molar refractivity (Wildman–Crippen MR) is 119 cm³/mol. The number of ether oxygens (including phenoxy) is 1. The fourth-order valence-electron chi connectivity index (χ4n) is 3.64. The van der Waals surface area contributed by atoms with Crippen molar-refractivity contribution in [3.05, 3.63) is 65.7 Å². The van der Waals surface area contributed by atoms with E-state index in [4.69, 9.17) is 4.74 Å². The Balaban J connectivity index is 1.64. The number of nitrogens with zero attached hydrogens (tertiary/aromatic N) is 1. The summed E-state index contributed by atoms with van der Waals surface area (Å²) in [5.41, 5.74) is 1.65. The summed E-state index contributed by atoms with van der Waals surface area (Å²) in [4.78, 5) is 27.2. The molecule has 1 fully saturated rings. The van der Waals surface area contributed by atoms with Crippen molar-refractivity contribution in [2.24, 2.45) is 0 Å². The molecule has 2 amide bonds. The molecule has 1 unspecified atom stereocenters. The highest BCUT2D eigenvalue weighted by molar-refractivity contribution is 5.96. The average Bonchev–Trinajstić information content (AvgIpc) is 3.22. The number of carbonyl (C=O) groups excluding carboxylic acids is 2. The van der Waals surface area contributed by atoms with Crippen LogP contribution < -0.4 is 10.6 Å². The lowest BCUT2D eigenvalue weighted by molar-refractivity contribution is 0.0635. The van der Waals surface area contributed by atoms with Gasteiger partial charge in [0.1, 0.15) is 5.60 Å². The summed E-state index contributed by atoms with van der Waals surface area (Å²) in [7, 11) is 0. The van der Waals surface area contributed by atoms with Crippen LogP contribution in [0.2, 0.25) is 0 Å². The van der Waals surface area contributed by atoms with Crippen LogP contribution in [0, 0.1) is 0 Å². The summed E-state index contributed by atoms with van der Waals surface area (Å²) in [6, 6.07) is 17.3. The second-order valence-electron chi connectivity index (χ2n) is 8.59. The molecule has 1 saturated heterocycles. The van der Waals surface area contributed by atoms with Crippen LogP contribution in [0.5, 0.6) is 0 Å². The van der Waals surface area contributed by atoms with Gasteiger partial charge in [-0.15, -0.1) is 0 Å². The van der Waals surface area contributed by atoms with Crippen LogP contribution in [0.3, 0.4) is 0 Å². The highest BCUT2D eigenvalue weighted by Gasteiger charge is 2.24. The number of nitrogens with one attached hydrogen (secondary N) is 2. The minimum Gasteiger partial charge on any atom is -0.444 e. The van der Waals surface area contributed by atoms with Crippen molar-refractivity contribution in [1.29, 1.82) is 0 Å². The first kappa shape index (κ1) is 21.8. The van der Waals surface area contributed by atoms with E-state index in [0.29, 0.717) is 17.8 Å². The number of rotatable bonds is 6. The first-order valence-electron chi connectivity index (χ1n) is 10.5. The molecule has 2 aromatic rings. The summed E-state index contributed by atoms with van der Waals surface area (Å²) in [5, 5.41) is 5.75. The van der Waals surface area contributed by atoms with Crippen molar-refractivity contribution >= 4 is 17.7 Å². The molecule has 0 aromatic heterocycles. The van der Waals surface area contributed by atoms with Crippen LogP contribution in [0.4, 0.5) is 10.5 Å². The van der Waals surface area contributed by atoms with E-state index < -0.39 is 11.7 Å². The number of likely N-dealkylation sites (tertiary alicyclic amines) is 1. The Hall–Kier alpha value is -2.86. The number of hydrogen-bond donors (Lipinski definition) is 2.